The minimum Gasteiger partial charge on any atom is -0.310 e. The predicted octanol–water partition coefficient (Wildman–Crippen LogP) is 18.4. The van der Waals surface area contributed by atoms with Crippen LogP contribution >= 0.6 is 23.2 Å². The van der Waals surface area contributed by atoms with E-state index >= 15 is 0 Å². The molecule has 2 aliphatic heterocycles. The second-order valence-electron chi connectivity index (χ2n) is 20.7. The first kappa shape index (κ1) is 46.5. The second-order valence-corrected chi connectivity index (χ2v) is 21.6. The number of halogens is 2. The van der Waals surface area contributed by atoms with Gasteiger partial charge in [0.05, 0.1) is 11.4 Å². The van der Waals surface area contributed by atoms with E-state index < -0.39 is 0 Å². The number of benzene rings is 11. The lowest BCUT2D eigenvalue weighted by Gasteiger charge is -2.46. The first-order valence-corrected chi connectivity index (χ1v) is 26.5. The van der Waals surface area contributed by atoms with Crippen molar-refractivity contribution >= 4 is 80.4 Å². The van der Waals surface area contributed by atoms with E-state index in [4.69, 9.17) is 23.2 Å². The Morgan fingerprint density at radius 3 is 0.893 bits per heavy atom. The normalized spacial score (nSPS) is 12.5. The standard InChI is InChI=1S/C70H51BCl2N2/c1-70(2,3)54-40-65-67-66(41-54)75(69-59(50-30-18-8-19-31-50)44-56(73)45-60(69)51-32-20-9-21-33-51)64-37-35-53(47-24-12-5-13-25-47)39-62(64)71(67)61-38-52(46-22-10-4-11-23-46)34-36-63(61)74(65)68-57(48-26-14-6-15-27-48)42-55(72)43-58(68)49-28-16-7-17-29-49/h4-45H,1-3H3. The molecule has 0 bridgehead atoms. The van der Waals surface area contributed by atoms with Crippen molar-refractivity contribution in [1.29, 1.82) is 0 Å². The van der Waals surface area contributed by atoms with Crippen LogP contribution in [-0.4, -0.2) is 6.71 Å². The van der Waals surface area contributed by atoms with Crippen molar-refractivity contribution in [3.05, 3.63) is 270 Å². The molecule has 11 aromatic rings. The van der Waals surface area contributed by atoms with E-state index in [1.54, 1.807) is 0 Å². The topological polar surface area (TPSA) is 6.48 Å². The Morgan fingerprint density at radius 1 is 0.307 bits per heavy atom. The fourth-order valence-electron chi connectivity index (χ4n) is 11.6. The van der Waals surface area contributed by atoms with Crippen molar-refractivity contribution in [3.8, 4) is 66.8 Å². The third-order valence-corrected chi connectivity index (χ3v) is 15.5. The maximum atomic E-state index is 7.33. The van der Waals surface area contributed by atoms with Crippen molar-refractivity contribution in [1.82, 2.24) is 0 Å². The van der Waals surface area contributed by atoms with Crippen molar-refractivity contribution < 1.29 is 0 Å². The molecule has 0 aliphatic carbocycles. The molecule has 0 saturated heterocycles. The highest BCUT2D eigenvalue weighted by Crippen LogP contribution is 2.54. The van der Waals surface area contributed by atoms with E-state index in [1.165, 1.54) is 33.1 Å². The molecule has 0 N–H and O–H groups in total. The van der Waals surface area contributed by atoms with Gasteiger partial charge >= 0.3 is 0 Å². The summed E-state index contributed by atoms with van der Waals surface area (Å²) in [5.74, 6) is 0. The molecule has 0 fully saturated rings. The quantitative estimate of drug-likeness (QED) is 0.140. The average molecular weight is 1000 g/mol. The summed E-state index contributed by atoms with van der Waals surface area (Å²) in [6, 6.07) is 92.4. The van der Waals surface area contributed by atoms with E-state index in [0.29, 0.717) is 10.0 Å². The van der Waals surface area contributed by atoms with Crippen LogP contribution in [0.25, 0.3) is 66.8 Å². The lowest BCUT2D eigenvalue weighted by atomic mass is 9.33. The molecular weight excluding hydrogens is 951 g/mol. The molecule has 0 radical (unpaired) electrons. The number of hydrogen-bond acceptors (Lipinski definition) is 2. The molecule has 75 heavy (non-hydrogen) atoms. The summed E-state index contributed by atoms with van der Waals surface area (Å²) in [5.41, 5.74) is 24.4. The van der Waals surface area contributed by atoms with Gasteiger partial charge in [-0.15, -0.1) is 0 Å². The summed E-state index contributed by atoms with van der Waals surface area (Å²) >= 11 is 14.7. The second kappa shape index (κ2) is 18.9. The molecule has 0 aromatic heterocycles. The Morgan fingerprint density at radius 2 is 0.600 bits per heavy atom. The Hall–Kier alpha value is -8.34. The van der Waals surface area contributed by atoms with Crippen molar-refractivity contribution in [2.45, 2.75) is 26.2 Å². The molecule has 2 aliphatic rings. The molecule has 0 spiro atoms. The number of fused-ring (bicyclic) bond motifs is 4. The fraction of sp³-hybridized carbons (Fsp3) is 0.0571. The van der Waals surface area contributed by atoms with E-state index in [1.807, 2.05) is 0 Å². The molecule has 11 aromatic carbocycles. The summed E-state index contributed by atoms with van der Waals surface area (Å²) in [7, 11) is 0. The average Bonchev–Trinajstić information content (AvgIpc) is 3.51. The number of hydrogen-bond donors (Lipinski definition) is 0. The van der Waals surface area contributed by atoms with Crippen LogP contribution in [0.3, 0.4) is 0 Å². The number of rotatable bonds is 8. The Kier molecular flexibility index (Phi) is 11.7. The third-order valence-electron chi connectivity index (χ3n) is 15.1. The first-order chi connectivity index (χ1) is 36.7. The molecular formula is C70H51BCl2N2. The zero-order chi connectivity index (χ0) is 50.8. The lowest BCUT2D eigenvalue weighted by molar-refractivity contribution is 0.590. The van der Waals surface area contributed by atoms with Gasteiger partial charge < -0.3 is 9.80 Å². The summed E-state index contributed by atoms with van der Waals surface area (Å²) in [5, 5.41) is 1.35. The Labute approximate surface area is 450 Å². The third kappa shape index (κ3) is 8.25. The smallest absolute Gasteiger partial charge is 0.252 e. The van der Waals surface area contributed by atoms with Crippen LogP contribution in [0.4, 0.5) is 34.1 Å². The minimum absolute atomic E-state index is 0.186. The minimum atomic E-state index is -0.262. The molecule has 0 unspecified atom stereocenters. The van der Waals surface area contributed by atoms with Gasteiger partial charge in [-0.3, -0.25) is 0 Å². The predicted molar refractivity (Wildman–Crippen MR) is 322 cm³/mol. The van der Waals surface area contributed by atoms with E-state index in [9.17, 15) is 0 Å². The maximum Gasteiger partial charge on any atom is 0.252 e. The van der Waals surface area contributed by atoms with Gasteiger partial charge in [0.25, 0.3) is 6.71 Å². The van der Waals surface area contributed by atoms with Gasteiger partial charge in [-0.2, -0.15) is 0 Å². The SMILES string of the molecule is CC(C)(C)c1cc2c3c(c1)N(c1c(-c4ccccc4)cc(Cl)cc1-c1ccccc1)c1ccc(-c4ccccc4)cc1B3c1cc(-c3ccccc3)ccc1N2c1c(-c2ccccc2)cc(Cl)cc1-c1ccccc1. The Balaban J connectivity index is 1.23. The molecule has 2 nitrogen and oxygen atoms in total. The number of nitrogens with zero attached hydrogens (tertiary/aromatic N) is 2. The fourth-order valence-corrected chi connectivity index (χ4v) is 12.0. The zero-order valence-corrected chi connectivity index (χ0v) is 43.5. The molecule has 0 atom stereocenters. The van der Waals surface area contributed by atoms with Gasteiger partial charge in [0.15, 0.2) is 0 Å². The molecule has 5 heteroatoms. The van der Waals surface area contributed by atoms with Crippen LogP contribution in [0, 0.1) is 0 Å². The van der Waals surface area contributed by atoms with Gasteiger partial charge in [0.2, 0.25) is 0 Å². The molecule has 2 heterocycles. The van der Waals surface area contributed by atoms with Gasteiger partial charge in [0, 0.05) is 55.0 Å². The zero-order valence-electron chi connectivity index (χ0n) is 42.0. The van der Waals surface area contributed by atoms with Crippen molar-refractivity contribution in [2.24, 2.45) is 0 Å². The summed E-state index contributed by atoms with van der Waals surface area (Å²) in [4.78, 5) is 5.16. The lowest BCUT2D eigenvalue weighted by Crippen LogP contribution is -2.61. The van der Waals surface area contributed by atoms with Crippen LogP contribution in [0.1, 0.15) is 26.3 Å². The summed E-state index contributed by atoms with van der Waals surface area (Å²) in [6.45, 7) is 6.81. The van der Waals surface area contributed by atoms with Gasteiger partial charge in [-0.05, 0) is 120 Å². The van der Waals surface area contributed by atoms with Gasteiger partial charge in [-0.1, -0.05) is 250 Å². The van der Waals surface area contributed by atoms with Gasteiger partial charge in [0.1, 0.15) is 0 Å². The largest absolute Gasteiger partial charge is 0.310 e. The van der Waals surface area contributed by atoms with Crippen LogP contribution in [0.15, 0.2) is 255 Å². The molecule has 358 valence electrons. The van der Waals surface area contributed by atoms with Crippen LogP contribution in [0.5, 0.6) is 0 Å². The van der Waals surface area contributed by atoms with Crippen LogP contribution < -0.4 is 26.2 Å². The maximum absolute atomic E-state index is 7.33. The monoisotopic (exact) mass is 1000 g/mol. The highest BCUT2D eigenvalue weighted by Gasteiger charge is 2.46. The first-order valence-electron chi connectivity index (χ1n) is 25.7. The highest BCUT2D eigenvalue weighted by atomic mass is 35.5. The summed E-state index contributed by atoms with van der Waals surface area (Å²) < 4.78 is 0. The Bertz CT molecular complexity index is 3560. The van der Waals surface area contributed by atoms with Crippen molar-refractivity contribution in [2.75, 3.05) is 9.80 Å². The summed E-state index contributed by atoms with van der Waals surface area (Å²) in [6.07, 6.45) is 0. The van der Waals surface area contributed by atoms with Crippen molar-refractivity contribution in [3.63, 3.8) is 0 Å². The molecule has 13 rings (SSSR count). The van der Waals surface area contributed by atoms with E-state index in [2.05, 4.69) is 285 Å². The number of anilines is 6. The molecule has 0 saturated carbocycles. The van der Waals surface area contributed by atoms with Crippen LogP contribution in [0.2, 0.25) is 10.0 Å². The van der Waals surface area contributed by atoms with E-state index in [0.717, 1.165) is 89.8 Å². The highest BCUT2D eigenvalue weighted by molar-refractivity contribution is 7.00. The van der Waals surface area contributed by atoms with Gasteiger partial charge in [-0.25, -0.2) is 0 Å². The molecule has 0 amide bonds. The van der Waals surface area contributed by atoms with Crippen LogP contribution in [-0.2, 0) is 5.41 Å². The van der Waals surface area contributed by atoms with E-state index in [-0.39, 0.29) is 12.1 Å².